The number of nitrogens with zero attached hydrogens (tertiary/aromatic N) is 3. The third kappa shape index (κ3) is 1.52. The summed E-state index contributed by atoms with van der Waals surface area (Å²) in [5.41, 5.74) is 3.71. The first kappa shape index (κ1) is 12.0. The predicted molar refractivity (Wildman–Crippen MR) is 75.7 cm³/mol. The molecule has 3 aromatic rings. The highest BCUT2D eigenvalue weighted by atomic mass is 16.1. The molecule has 0 fully saturated rings. The van der Waals surface area contributed by atoms with Crippen LogP contribution < -0.4 is 0 Å². The second-order valence-electron chi connectivity index (χ2n) is 4.69. The van der Waals surface area contributed by atoms with Crippen molar-refractivity contribution in [2.24, 2.45) is 0 Å². The third-order valence-electron chi connectivity index (χ3n) is 3.59. The van der Waals surface area contributed by atoms with E-state index in [1.165, 1.54) is 0 Å². The number of imidazole rings is 2. The lowest BCUT2D eigenvalue weighted by molar-refractivity contribution is 0.0982. The van der Waals surface area contributed by atoms with Crippen molar-refractivity contribution in [1.29, 1.82) is 0 Å². The fraction of sp³-hybridized carbons (Fsp3) is 0.333. The molecule has 0 aliphatic carbocycles. The smallest absolute Gasteiger partial charge is 0.215 e. The highest BCUT2D eigenvalue weighted by Gasteiger charge is 2.20. The summed E-state index contributed by atoms with van der Waals surface area (Å²) >= 11 is 0. The number of benzene rings is 1. The van der Waals surface area contributed by atoms with Gasteiger partial charge in [-0.1, -0.05) is 19.1 Å². The minimum atomic E-state index is 0.143. The SMILES string of the molecule is CCC(=O)c1c(C)nc2n(CC)c3ccccc3n12. The lowest BCUT2D eigenvalue weighted by Crippen LogP contribution is -2.03. The molecule has 0 bridgehead atoms. The summed E-state index contributed by atoms with van der Waals surface area (Å²) in [6, 6.07) is 8.13. The van der Waals surface area contributed by atoms with E-state index >= 15 is 0 Å². The van der Waals surface area contributed by atoms with Gasteiger partial charge in [-0.2, -0.15) is 0 Å². The number of aryl methyl sites for hydroxylation is 2. The van der Waals surface area contributed by atoms with Gasteiger partial charge in [0.1, 0.15) is 5.69 Å². The number of hydrogen-bond acceptors (Lipinski definition) is 2. The Hall–Kier alpha value is -2.10. The van der Waals surface area contributed by atoms with E-state index in [4.69, 9.17) is 0 Å². The summed E-state index contributed by atoms with van der Waals surface area (Å²) < 4.78 is 4.15. The number of para-hydroxylation sites is 2. The van der Waals surface area contributed by atoms with Crippen LogP contribution in [0.4, 0.5) is 0 Å². The molecule has 0 saturated heterocycles. The van der Waals surface area contributed by atoms with Crippen LogP contribution in [0.3, 0.4) is 0 Å². The molecule has 0 unspecified atom stereocenters. The van der Waals surface area contributed by atoms with Crippen LogP contribution in [0, 0.1) is 6.92 Å². The fourth-order valence-corrected chi connectivity index (χ4v) is 2.72. The van der Waals surface area contributed by atoms with Gasteiger partial charge in [-0.25, -0.2) is 4.98 Å². The zero-order valence-electron chi connectivity index (χ0n) is 11.5. The molecule has 0 N–H and O–H groups in total. The first-order valence-electron chi connectivity index (χ1n) is 6.68. The van der Waals surface area contributed by atoms with Crippen molar-refractivity contribution in [3.05, 3.63) is 35.7 Å². The summed E-state index contributed by atoms with van der Waals surface area (Å²) in [5, 5.41) is 0. The maximum absolute atomic E-state index is 12.2. The zero-order valence-corrected chi connectivity index (χ0v) is 11.5. The Bertz CT molecular complexity index is 779. The normalized spacial score (nSPS) is 11.5. The van der Waals surface area contributed by atoms with Crippen molar-refractivity contribution in [3.8, 4) is 0 Å². The summed E-state index contributed by atoms with van der Waals surface area (Å²) in [7, 11) is 0. The molecule has 0 atom stereocenters. The lowest BCUT2D eigenvalue weighted by Gasteiger charge is -1.99. The molecule has 2 aromatic heterocycles. The van der Waals surface area contributed by atoms with Gasteiger partial charge in [0.05, 0.1) is 16.7 Å². The number of rotatable bonds is 3. The second kappa shape index (κ2) is 4.23. The molecule has 2 heterocycles. The van der Waals surface area contributed by atoms with Gasteiger partial charge in [0.2, 0.25) is 5.78 Å². The van der Waals surface area contributed by atoms with Crippen LogP contribution in [-0.4, -0.2) is 19.7 Å². The van der Waals surface area contributed by atoms with Crippen molar-refractivity contribution < 1.29 is 4.79 Å². The lowest BCUT2D eigenvalue weighted by atomic mass is 10.2. The van der Waals surface area contributed by atoms with E-state index in [1.807, 2.05) is 36.4 Å². The second-order valence-corrected chi connectivity index (χ2v) is 4.69. The van der Waals surface area contributed by atoms with Gasteiger partial charge >= 0.3 is 0 Å². The average Bonchev–Trinajstić information content (AvgIpc) is 2.90. The minimum Gasteiger partial charge on any atom is -0.310 e. The van der Waals surface area contributed by atoms with Crippen LogP contribution in [0.25, 0.3) is 16.8 Å². The monoisotopic (exact) mass is 255 g/mol. The van der Waals surface area contributed by atoms with Crippen LogP contribution in [-0.2, 0) is 6.54 Å². The summed E-state index contributed by atoms with van der Waals surface area (Å²) in [5.74, 6) is 1.00. The Morgan fingerprint density at radius 2 is 1.89 bits per heavy atom. The average molecular weight is 255 g/mol. The Morgan fingerprint density at radius 1 is 1.21 bits per heavy atom. The Morgan fingerprint density at radius 3 is 2.53 bits per heavy atom. The first-order valence-corrected chi connectivity index (χ1v) is 6.68. The highest BCUT2D eigenvalue weighted by Crippen LogP contribution is 2.24. The van der Waals surface area contributed by atoms with E-state index in [9.17, 15) is 4.79 Å². The molecule has 0 aliphatic heterocycles. The fourth-order valence-electron chi connectivity index (χ4n) is 2.72. The largest absolute Gasteiger partial charge is 0.310 e. The Kier molecular flexibility index (Phi) is 2.66. The predicted octanol–water partition coefficient (Wildman–Crippen LogP) is 3.21. The number of aromatic nitrogens is 3. The molecule has 1 aromatic carbocycles. The molecular formula is C15H17N3O. The van der Waals surface area contributed by atoms with Crippen LogP contribution in [0.1, 0.15) is 36.5 Å². The van der Waals surface area contributed by atoms with Crippen molar-refractivity contribution in [3.63, 3.8) is 0 Å². The van der Waals surface area contributed by atoms with Gasteiger partial charge in [-0.15, -0.1) is 0 Å². The van der Waals surface area contributed by atoms with E-state index in [-0.39, 0.29) is 5.78 Å². The minimum absolute atomic E-state index is 0.143. The standard InChI is InChI=1S/C15H17N3O/c1-4-13(19)14-10(3)16-15-17(5-2)11-8-6-7-9-12(11)18(14)15/h6-9H,4-5H2,1-3H3. The maximum atomic E-state index is 12.2. The van der Waals surface area contributed by atoms with Gasteiger partial charge < -0.3 is 4.57 Å². The van der Waals surface area contributed by atoms with Crippen LogP contribution in [0.15, 0.2) is 24.3 Å². The number of carbonyl (C=O) groups is 1. The van der Waals surface area contributed by atoms with E-state index in [2.05, 4.69) is 22.5 Å². The number of fused-ring (bicyclic) bond motifs is 3. The van der Waals surface area contributed by atoms with Crippen molar-refractivity contribution >= 4 is 22.6 Å². The van der Waals surface area contributed by atoms with E-state index in [0.717, 1.165) is 34.7 Å². The zero-order chi connectivity index (χ0) is 13.6. The molecule has 3 rings (SSSR count). The third-order valence-corrected chi connectivity index (χ3v) is 3.59. The van der Waals surface area contributed by atoms with Crippen molar-refractivity contribution in [2.45, 2.75) is 33.7 Å². The van der Waals surface area contributed by atoms with Gasteiger partial charge in [0.25, 0.3) is 0 Å². The molecule has 0 amide bonds. The number of hydrogen-bond donors (Lipinski definition) is 0. The Balaban J connectivity index is 2.52. The van der Waals surface area contributed by atoms with Gasteiger partial charge in [0, 0.05) is 13.0 Å². The molecule has 0 saturated carbocycles. The van der Waals surface area contributed by atoms with Crippen LogP contribution in [0.5, 0.6) is 0 Å². The molecule has 4 nitrogen and oxygen atoms in total. The van der Waals surface area contributed by atoms with Crippen LogP contribution >= 0.6 is 0 Å². The summed E-state index contributed by atoms with van der Waals surface area (Å²) in [6.45, 7) is 6.73. The molecule has 0 radical (unpaired) electrons. The van der Waals surface area contributed by atoms with Crippen molar-refractivity contribution in [2.75, 3.05) is 0 Å². The molecular weight excluding hydrogens is 238 g/mol. The summed E-state index contributed by atoms with van der Waals surface area (Å²) in [4.78, 5) is 16.8. The number of Topliss-reactive ketones (excluding diaryl/α,β-unsaturated/α-hetero) is 1. The van der Waals surface area contributed by atoms with E-state index in [0.29, 0.717) is 6.42 Å². The molecule has 19 heavy (non-hydrogen) atoms. The summed E-state index contributed by atoms with van der Waals surface area (Å²) in [6.07, 6.45) is 0.500. The highest BCUT2D eigenvalue weighted by molar-refractivity contribution is 5.98. The van der Waals surface area contributed by atoms with Gasteiger partial charge in [-0.05, 0) is 26.0 Å². The number of carbonyl (C=O) groups excluding carboxylic acids is 1. The van der Waals surface area contributed by atoms with Crippen molar-refractivity contribution in [1.82, 2.24) is 14.0 Å². The molecule has 98 valence electrons. The Labute approximate surface area is 111 Å². The molecule has 0 aliphatic rings. The topological polar surface area (TPSA) is 39.3 Å². The number of ketones is 1. The quantitative estimate of drug-likeness (QED) is 0.674. The first-order chi connectivity index (χ1) is 9.19. The van der Waals surface area contributed by atoms with Gasteiger partial charge in [-0.3, -0.25) is 9.20 Å². The van der Waals surface area contributed by atoms with E-state index < -0.39 is 0 Å². The molecule has 0 spiro atoms. The van der Waals surface area contributed by atoms with Crippen LogP contribution in [0.2, 0.25) is 0 Å². The maximum Gasteiger partial charge on any atom is 0.215 e. The van der Waals surface area contributed by atoms with E-state index in [1.54, 1.807) is 0 Å². The molecule has 4 heteroatoms. The van der Waals surface area contributed by atoms with Gasteiger partial charge in [0.15, 0.2) is 5.78 Å².